The highest BCUT2D eigenvalue weighted by Gasteiger charge is 2.57. The third-order valence-corrected chi connectivity index (χ3v) is 7.47. The molecule has 40 heavy (non-hydrogen) atoms. The molecule has 9 heteroatoms. The minimum absolute atomic E-state index is 0.133. The highest BCUT2D eigenvalue weighted by Crippen LogP contribution is 2.41. The Morgan fingerprint density at radius 3 is 2.05 bits per heavy atom. The molecule has 2 fully saturated rings. The number of hydrogen-bond acceptors (Lipinski definition) is 4. The fraction of sp³-hybridized carbons (Fsp3) is 0.484. The van der Waals surface area contributed by atoms with E-state index >= 15 is 0 Å². The summed E-state index contributed by atoms with van der Waals surface area (Å²) in [5.41, 5.74) is 6.92. The minimum atomic E-state index is -0.971. The number of nitrogens with zero attached hydrogens (tertiary/aromatic N) is 2. The molecule has 1 saturated heterocycles. The predicted molar refractivity (Wildman–Crippen MR) is 153 cm³/mol. The molecule has 1 aliphatic carbocycles. The molecule has 0 unspecified atom stereocenters. The number of benzene rings is 2. The van der Waals surface area contributed by atoms with E-state index in [1.165, 1.54) is 19.1 Å². The number of para-hydroxylation sites is 1. The lowest BCUT2D eigenvalue weighted by molar-refractivity contribution is -0.137. The summed E-state index contributed by atoms with van der Waals surface area (Å²) in [7, 11) is 0. The molecular formula is C31H41FN4O4. The molecule has 1 heterocycles. The lowest BCUT2D eigenvalue weighted by atomic mass is 9.80. The number of amides is 5. The van der Waals surface area contributed by atoms with Crippen LogP contribution < -0.4 is 11.1 Å². The number of rotatable bonds is 7. The Morgan fingerprint density at radius 2 is 1.52 bits per heavy atom. The third-order valence-electron chi connectivity index (χ3n) is 7.47. The lowest BCUT2D eigenvalue weighted by Gasteiger charge is -2.38. The Balaban J connectivity index is 0.00000103. The topological polar surface area (TPSA) is 113 Å². The van der Waals surface area contributed by atoms with Crippen molar-refractivity contribution in [1.82, 2.24) is 9.80 Å². The van der Waals surface area contributed by atoms with Crippen molar-refractivity contribution in [3.05, 3.63) is 65.0 Å². The number of imide groups is 1. The number of carbonyl (C=O) groups excluding carboxylic acids is 4. The summed E-state index contributed by atoms with van der Waals surface area (Å²) >= 11 is 0. The Hall–Kier alpha value is -3.75. The van der Waals surface area contributed by atoms with Crippen molar-refractivity contribution in [2.75, 3.05) is 11.9 Å². The average molecular weight is 553 g/mol. The van der Waals surface area contributed by atoms with E-state index in [1.54, 1.807) is 17.0 Å². The van der Waals surface area contributed by atoms with Crippen molar-refractivity contribution in [2.45, 2.75) is 90.6 Å². The number of nitrogens with two attached hydrogens (primary N) is 1. The van der Waals surface area contributed by atoms with Crippen molar-refractivity contribution in [1.29, 1.82) is 0 Å². The molecule has 1 spiro atoms. The molecule has 8 nitrogen and oxygen atoms in total. The first kappa shape index (κ1) is 30.8. The molecule has 0 radical (unpaired) electrons. The van der Waals surface area contributed by atoms with Crippen LogP contribution >= 0.6 is 0 Å². The van der Waals surface area contributed by atoms with E-state index in [0.29, 0.717) is 18.4 Å². The zero-order valence-corrected chi connectivity index (χ0v) is 24.1. The second-order valence-corrected chi connectivity index (χ2v) is 11.3. The lowest BCUT2D eigenvalue weighted by Crippen LogP contribution is -2.50. The highest BCUT2D eigenvalue weighted by molar-refractivity contribution is 6.10. The van der Waals surface area contributed by atoms with E-state index in [9.17, 15) is 23.6 Å². The molecule has 0 atom stereocenters. The summed E-state index contributed by atoms with van der Waals surface area (Å²) in [6.07, 6.45) is 3.77. The molecule has 2 aromatic carbocycles. The van der Waals surface area contributed by atoms with Crippen molar-refractivity contribution >= 4 is 29.4 Å². The van der Waals surface area contributed by atoms with Crippen LogP contribution in [0, 0.1) is 5.82 Å². The van der Waals surface area contributed by atoms with Gasteiger partial charge in [-0.3, -0.25) is 19.3 Å². The standard InChI is InChI=1S/C29H36FN3O3.C2H5NO/c1-19(2)23-12-9-13-24(20(3)4)26(23)31-25(34)18-32-27(35)29(14-6-5-7-15-29)33(28(32)36)17-21-10-8-11-22(30)16-21;1-2(3)4/h8-13,16,19-20H,5-7,14-15,17-18H2,1-4H3,(H,31,34);1H3,(H2,3,4). The van der Waals surface area contributed by atoms with Crippen molar-refractivity contribution in [2.24, 2.45) is 5.73 Å². The van der Waals surface area contributed by atoms with E-state index in [2.05, 4.69) is 38.7 Å². The van der Waals surface area contributed by atoms with Crippen LogP contribution in [0.15, 0.2) is 42.5 Å². The van der Waals surface area contributed by atoms with Crippen LogP contribution in [0.2, 0.25) is 0 Å². The highest BCUT2D eigenvalue weighted by atomic mass is 19.1. The van der Waals surface area contributed by atoms with Gasteiger partial charge in [-0.25, -0.2) is 9.18 Å². The number of nitrogens with one attached hydrogen (secondary N) is 1. The molecule has 0 aromatic heterocycles. The second-order valence-electron chi connectivity index (χ2n) is 11.3. The van der Waals surface area contributed by atoms with Gasteiger partial charge in [0.2, 0.25) is 11.8 Å². The van der Waals surface area contributed by atoms with Crippen molar-refractivity contribution in [3.63, 3.8) is 0 Å². The summed E-state index contributed by atoms with van der Waals surface area (Å²) in [6, 6.07) is 11.6. The largest absolute Gasteiger partial charge is 0.370 e. The normalized spacial score (nSPS) is 16.4. The zero-order chi connectivity index (χ0) is 29.6. The molecule has 3 N–H and O–H groups in total. The summed E-state index contributed by atoms with van der Waals surface area (Å²) in [5, 5.41) is 3.02. The maximum absolute atomic E-state index is 13.8. The van der Waals surface area contributed by atoms with Gasteiger partial charge < -0.3 is 16.0 Å². The SMILES string of the molecule is CC(C)c1cccc(C(C)C)c1NC(=O)CN1C(=O)N(Cc2cccc(F)c2)C2(CCCCC2)C1=O.CC(N)=O. The minimum Gasteiger partial charge on any atom is -0.370 e. The van der Waals surface area contributed by atoms with Gasteiger partial charge in [-0.2, -0.15) is 0 Å². The van der Waals surface area contributed by atoms with Crippen LogP contribution in [-0.4, -0.2) is 45.6 Å². The number of anilines is 1. The van der Waals surface area contributed by atoms with Crippen LogP contribution in [0.25, 0.3) is 0 Å². The molecule has 0 bridgehead atoms. The molecule has 2 aromatic rings. The zero-order valence-electron chi connectivity index (χ0n) is 24.1. The van der Waals surface area contributed by atoms with E-state index < -0.39 is 17.5 Å². The van der Waals surface area contributed by atoms with E-state index in [-0.39, 0.29) is 42.6 Å². The summed E-state index contributed by atoms with van der Waals surface area (Å²) in [4.78, 5) is 52.4. The van der Waals surface area contributed by atoms with Crippen LogP contribution in [-0.2, 0) is 20.9 Å². The maximum atomic E-state index is 13.8. The monoisotopic (exact) mass is 552 g/mol. The first-order chi connectivity index (χ1) is 18.9. The quantitative estimate of drug-likeness (QED) is 0.431. The van der Waals surface area contributed by atoms with Gasteiger partial charge in [-0.15, -0.1) is 0 Å². The second kappa shape index (κ2) is 13.1. The van der Waals surface area contributed by atoms with Gasteiger partial charge in [0, 0.05) is 19.2 Å². The van der Waals surface area contributed by atoms with Gasteiger partial charge in [-0.05, 0) is 53.5 Å². The first-order valence-electron chi connectivity index (χ1n) is 13.9. The molecule has 216 valence electrons. The Kier molecular flexibility index (Phi) is 10.1. The van der Waals surface area contributed by atoms with Crippen molar-refractivity contribution in [3.8, 4) is 0 Å². The molecule has 4 rings (SSSR count). The van der Waals surface area contributed by atoms with E-state index in [1.807, 2.05) is 18.2 Å². The van der Waals surface area contributed by atoms with Gasteiger partial charge in [0.25, 0.3) is 5.91 Å². The fourth-order valence-electron chi connectivity index (χ4n) is 5.60. The third kappa shape index (κ3) is 6.87. The summed E-state index contributed by atoms with van der Waals surface area (Å²) in [5.74, 6) is -1.04. The van der Waals surface area contributed by atoms with Gasteiger partial charge in [0.05, 0.1) is 0 Å². The molecule has 1 aliphatic heterocycles. The Bertz CT molecular complexity index is 1220. The summed E-state index contributed by atoms with van der Waals surface area (Å²) in [6.45, 7) is 9.37. The first-order valence-corrected chi connectivity index (χ1v) is 13.9. The van der Waals surface area contributed by atoms with Crippen LogP contribution in [0.3, 0.4) is 0 Å². The maximum Gasteiger partial charge on any atom is 0.328 e. The van der Waals surface area contributed by atoms with E-state index in [4.69, 9.17) is 0 Å². The summed E-state index contributed by atoms with van der Waals surface area (Å²) < 4.78 is 13.8. The van der Waals surface area contributed by atoms with Crippen LogP contribution in [0.5, 0.6) is 0 Å². The molecule has 5 amide bonds. The molecule has 1 saturated carbocycles. The van der Waals surface area contributed by atoms with Gasteiger partial charge in [-0.1, -0.05) is 77.3 Å². The molecule has 2 aliphatic rings. The van der Waals surface area contributed by atoms with Crippen LogP contribution in [0.1, 0.15) is 95.2 Å². The Labute approximate surface area is 236 Å². The average Bonchev–Trinajstić information content (AvgIpc) is 3.05. The number of primary amides is 1. The van der Waals surface area contributed by atoms with Gasteiger partial charge in [0.1, 0.15) is 17.9 Å². The van der Waals surface area contributed by atoms with E-state index in [0.717, 1.165) is 41.0 Å². The van der Waals surface area contributed by atoms with Gasteiger partial charge in [0.15, 0.2) is 0 Å². The number of urea groups is 1. The van der Waals surface area contributed by atoms with Crippen molar-refractivity contribution < 1.29 is 23.6 Å². The Morgan fingerprint density at radius 1 is 0.975 bits per heavy atom. The van der Waals surface area contributed by atoms with Gasteiger partial charge >= 0.3 is 6.03 Å². The van der Waals surface area contributed by atoms with Crippen LogP contribution in [0.4, 0.5) is 14.9 Å². The number of carbonyl (C=O) groups is 4. The number of halogens is 1. The smallest absolute Gasteiger partial charge is 0.328 e. The number of hydrogen-bond donors (Lipinski definition) is 2. The molecular weight excluding hydrogens is 511 g/mol. The predicted octanol–water partition coefficient (Wildman–Crippen LogP) is 5.67. The fourth-order valence-corrected chi connectivity index (χ4v) is 5.60.